The van der Waals surface area contributed by atoms with Gasteiger partial charge in [0.15, 0.2) is 9.84 Å². The maximum absolute atomic E-state index is 11.6. The molecule has 2 heterocycles. The first-order valence-corrected chi connectivity index (χ1v) is 7.99. The highest BCUT2D eigenvalue weighted by Crippen LogP contribution is 2.17. The zero-order valence-electron chi connectivity index (χ0n) is 9.85. The van der Waals surface area contributed by atoms with Gasteiger partial charge in [-0.25, -0.2) is 8.42 Å². The van der Waals surface area contributed by atoms with Crippen LogP contribution in [0.5, 0.6) is 0 Å². The fraction of sp³-hybridized carbons (Fsp3) is 0.909. The molecule has 2 atom stereocenters. The molecule has 6 heteroatoms. The van der Waals surface area contributed by atoms with Crippen LogP contribution in [0.1, 0.15) is 32.1 Å². The van der Waals surface area contributed by atoms with Gasteiger partial charge in [0.05, 0.1) is 17.6 Å². The number of carbonyl (C=O) groups excluding carboxylic acids is 1. The minimum absolute atomic E-state index is 0.0531. The molecule has 1 amide bonds. The number of hydrogen-bond acceptors (Lipinski definition) is 4. The lowest BCUT2D eigenvalue weighted by Gasteiger charge is -2.12. The van der Waals surface area contributed by atoms with Crippen molar-refractivity contribution in [2.75, 3.05) is 18.1 Å². The minimum atomic E-state index is -2.91. The first kappa shape index (κ1) is 12.8. The Balaban J connectivity index is 1.67. The third-order valence-corrected chi connectivity index (χ3v) is 5.08. The molecule has 0 aromatic heterocycles. The number of hydrogen-bond donors (Lipinski definition) is 1. The Hall–Kier alpha value is -0.620. The molecule has 2 aliphatic heterocycles. The molecule has 0 aromatic rings. The third-order valence-electron chi connectivity index (χ3n) is 3.31. The van der Waals surface area contributed by atoms with E-state index in [4.69, 9.17) is 4.74 Å². The summed E-state index contributed by atoms with van der Waals surface area (Å²) in [6.45, 7) is 0.799. The molecule has 1 N–H and O–H groups in total. The van der Waals surface area contributed by atoms with Crippen LogP contribution < -0.4 is 5.32 Å². The first-order chi connectivity index (χ1) is 8.05. The summed E-state index contributed by atoms with van der Waals surface area (Å²) >= 11 is 0. The van der Waals surface area contributed by atoms with Crippen LogP contribution in [0.25, 0.3) is 0 Å². The van der Waals surface area contributed by atoms with E-state index in [1.54, 1.807) is 0 Å². The van der Waals surface area contributed by atoms with Crippen molar-refractivity contribution in [1.82, 2.24) is 5.32 Å². The summed E-state index contributed by atoms with van der Waals surface area (Å²) in [7, 11) is -2.91. The Morgan fingerprint density at radius 1 is 1.35 bits per heavy atom. The molecule has 0 aliphatic carbocycles. The second-order valence-electron chi connectivity index (χ2n) is 4.84. The summed E-state index contributed by atoms with van der Waals surface area (Å²) in [5.74, 6) is 0.241. The van der Waals surface area contributed by atoms with Gasteiger partial charge in [-0.15, -0.1) is 0 Å². The van der Waals surface area contributed by atoms with Gasteiger partial charge in [0.1, 0.15) is 0 Å². The Kier molecular flexibility index (Phi) is 4.04. The van der Waals surface area contributed by atoms with Gasteiger partial charge < -0.3 is 10.1 Å². The highest BCUT2D eigenvalue weighted by atomic mass is 32.2. The van der Waals surface area contributed by atoms with E-state index in [0.717, 1.165) is 25.9 Å². The molecule has 17 heavy (non-hydrogen) atoms. The number of sulfone groups is 1. The Morgan fingerprint density at radius 3 is 2.76 bits per heavy atom. The van der Waals surface area contributed by atoms with Crippen molar-refractivity contribution in [3.63, 3.8) is 0 Å². The quantitative estimate of drug-likeness (QED) is 0.787. The van der Waals surface area contributed by atoms with E-state index in [9.17, 15) is 13.2 Å². The molecule has 0 radical (unpaired) electrons. The smallest absolute Gasteiger partial charge is 0.220 e. The van der Waals surface area contributed by atoms with E-state index >= 15 is 0 Å². The Labute approximate surface area is 102 Å². The average Bonchev–Trinajstić information content (AvgIpc) is 2.85. The third kappa shape index (κ3) is 3.96. The van der Waals surface area contributed by atoms with E-state index in [1.165, 1.54) is 0 Å². The molecule has 98 valence electrons. The van der Waals surface area contributed by atoms with Crippen LogP contribution in [0.3, 0.4) is 0 Å². The van der Waals surface area contributed by atoms with Crippen molar-refractivity contribution >= 4 is 15.7 Å². The van der Waals surface area contributed by atoms with Crippen LogP contribution >= 0.6 is 0 Å². The van der Waals surface area contributed by atoms with Crippen molar-refractivity contribution in [2.24, 2.45) is 0 Å². The van der Waals surface area contributed by atoms with E-state index in [1.807, 2.05) is 0 Å². The molecule has 2 fully saturated rings. The zero-order valence-corrected chi connectivity index (χ0v) is 10.7. The number of amides is 1. The predicted molar refractivity (Wildman–Crippen MR) is 63.4 cm³/mol. The number of rotatable bonds is 4. The second-order valence-corrected chi connectivity index (χ2v) is 7.07. The number of ether oxygens (including phenoxy) is 1. The second kappa shape index (κ2) is 5.35. The lowest BCUT2D eigenvalue weighted by Crippen LogP contribution is -2.35. The largest absolute Gasteiger partial charge is 0.378 e. The van der Waals surface area contributed by atoms with Gasteiger partial charge in [-0.1, -0.05) is 0 Å². The summed E-state index contributed by atoms with van der Waals surface area (Å²) < 4.78 is 27.9. The summed E-state index contributed by atoms with van der Waals surface area (Å²) in [4.78, 5) is 11.6. The van der Waals surface area contributed by atoms with Crippen LogP contribution in [-0.2, 0) is 19.4 Å². The van der Waals surface area contributed by atoms with Gasteiger partial charge in [0.2, 0.25) is 5.91 Å². The van der Waals surface area contributed by atoms with E-state index < -0.39 is 9.84 Å². The molecule has 2 aliphatic rings. The molecular formula is C11H19NO4S. The van der Waals surface area contributed by atoms with E-state index in [2.05, 4.69) is 5.32 Å². The Bertz CT molecular complexity index is 373. The molecule has 5 nitrogen and oxygen atoms in total. The highest BCUT2D eigenvalue weighted by Gasteiger charge is 2.29. The van der Waals surface area contributed by atoms with Crippen molar-refractivity contribution in [1.29, 1.82) is 0 Å². The van der Waals surface area contributed by atoms with Gasteiger partial charge in [-0.05, 0) is 25.7 Å². The van der Waals surface area contributed by atoms with Gasteiger partial charge in [-0.3, -0.25) is 4.79 Å². The summed E-state index contributed by atoms with van der Waals surface area (Å²) in [6.07, 6.45) is 4.05. The zero-order chi connectivity index (χ0) is 12.3. The fourth-order valence-corrected chi connectivity index (χ4v) is 4.05. The van der Waals surface area contributed by atoms with Crippen molar-refractivity contribution in [3.8, 4) is 0 Å². The van der Waals surface area contributed by atoms with Crippen molar-refractivity contribution in [3.05, 3.63) is 0 Å². The summed E-state index contributed by atoms with van der Waals surface area (Å²) in [6, 6.07) is -0.183. The maximum atomic E-state index is 11.6. The average molecular weight is 261 g/mol. The molecule has 0 saturated carbocycles. The van der Waals surface area contributed by atoms with Gasteiger partial charge in [0, 0.05) is 19.1 Å². The monoisotopic (exact) mass is 261 g/mol. The molecular weight excluding hydrogens is 242 g/mol. The normalized spacial score (nSPS) is 31.5. The van der Waals surface area contributed by atoms with Crippen LogP contribution in [-0.4, -0.2) is 44.6 Å². The van der Waals surface area contributed by atoms with Crippen LogP contribution in [0.4, 0.5) is 0 Å². The molecule has 0 spiro atoms. The Morgan fingerprint density at radius 2 is 2.18 bits per heavy atom. The number of nitrogens with one attached hydrogen (secondary N) is 1. The summed E-state index contributed by atoms with van der Waals surface area (Å²) in [5, 5.41) is 2.78. The fourth-order valence-electron chi connectivity index (χ4n) is 2.37. The molecule has 0 bridgehead atoms. The highest BCUT2D eigenvalue weighted by molar-refractivity contribution is 7.91. The van der Waals surface area contributed by atoms with E-state index in [-0.39, 0.29) is 29.6 Å². The molecule has 2 saturated heterocycles. The summed E-state index contributed by atoms with van der Waals surface area (Å²) in [5.41, 5.74) is 0. The van der Waals surface area contributed by atoms with Crippen LogP contribution in [0.2, 0.25) is 0 Å². The SMILES string of the molecule is O=C(CC[C@@H]1CCCO1)N[C@H]1CCS(=O)(=O)C1. The topological polar surface area (TPSA) is 72.5 Å². The van der Waals surface area contributed by atoms with Gasteiger partial charge >= 0.3 is 0 Å². The molecule has 2 rings (SSSR count). The molecule has 0 unspecified atom stereocenters. The lowest BCUT2D eigenvalue weighted by molar-refractivity contribution is -0.122. The first-order valence-electron chi connectivity index (χ1n) is 6.16. The van der Waals surface area contributed by atoms with Gasteiger partial charge in [-0.2, -0.15) is 0 Å². The van der Waals surface area contributed by atoms with Gasteiger partial charge in [0.25, 0.3) is 0 Å². The predicted octanol–water partition coefficient (Wildman–Crippen LogP) is 0.249. The minimum Gasteiger partial charge on any atom is -0.378 e. The van der Waals surface area contributed by atoms with E-state index in [0.29, 0.717) is 12.8 Å². The lowest BCUT2D eigenvalue weighted by atomic mass is 10.1. The number of carbonyl (C=O) groups is 1. The molecule has 0 aromatic carbocycles. The standard InChI is InChI=1S/C11H19NO4S/c13-11(4-3-10-2-1-6-16-10)12-9-5-7-17(14,15)8-9/h9-10H,1-8H2,(H,12,13)/t9-,10-/m0/s1. The van der Waals surface area contributed by atoms with Crippen molar-refractivity contribution in [2.45, 2.75) is 44.2 Å². The van der Waals surface area contributed by atoms with Crippen molar-refractivity contribution < 1.29 is 17.9 Å². The van der Waals surface area contributed by atoms with Crippen LogP contribution in [0, 0.1) is 0 Å². The van der Waals surface area contributed by atoms with Crippen LogP contribution in [0.15, 0.2) is 0 Å². The maximum Gasteiger partial charge on any atom is 0.220 e.